The highest BCUT2D eigenvalue weighted by Gasteiger charge is 2.46. The lowest BCUT2D eigenvalue weighted by molar-refractivity contribution is -0.0470. The average Bonchev–Trinajstić information content (AvgIpc) is 3.64. The van der Waals surface area contributed by atoms with Crippen molar-refractivity contribution < 1.29 is 28.9 Å². The largest absolute Gasteiger partial charge is 0.492 e. The standard InChI is InChI=1S/C29H36FN5O5/c1-14-10-17(20(11-18(14)30)40-12-16-6-7-16)22-24-23(32-13-31-22)21(15(2)33-24)27(37)34-19-8-9-35(28(38)39)26(25(19)36)29(3,4)5/h10-11,13,16,19,25-26,33,36H,6-9,12H2,1-5H3,(H,34,37)(H,38,39)/t19-,25-,26?/m1/s1. The van der Waals surface area contributed by atoms with Crippen molar-refractivity contribution in [1.82, 2.24) is 25.2 Å². The number of fused-ring (bicyclic) bond motifs is 1. The Bertz CT molecular complexity index is 1460. The highest BCUT2D eigenvalue weighted by molar-refractivity contribution is 6.09. The van der Waals surface area contributed by atoms with Crippen molar-refractivity contribution in [2.24, 2.45) is 11.3 Å². The lowest BCUT2D eigenvalue weighted by atomic mass is 9.77. The van der Waals surface area contributed by atoms with Crippen LogP contribution in [0.1, 0.15) is 61.6 Å². The highest BCUT2D eigenvalue weighted by Crippen LogP contribution is 2.38. The number of nitrogens with zero attached hydrogens (tertiary/aromatic N) is 3. The van der Waals surface area contributed by atoms with Gasteiger partial charge in [0.15, 0.2) is 0 Å². The zero-order valence-corrected chi connectivity index (χ0v) is 23.4. The van der Waals surface area contributed by atoms with Crippen molar-refractivity contribution in [3.8, 4) is 17.0 Å². The van der Waals surface area contributed by atoms with E-state index < -0.39 is 35.6 Å². The SMILES string of the molecule is Cc1cc(-c2ncnc3c(C(=O)N[C@@H]4CCN(C(=O)O)C(C(C)(C)C)[C@@H]4O)c(C)[nH]c23)c(OCC2CC2)cc1F. The van der Waals surface area contributed by atoms with Crippen LogP contribution < -0.4 is 10.1 Å². The fourth-order valence-electron chi connectivity index (χ4n) is 5.65. The summed E-state index contributed by atoms with van der Waals surface area (Å²) in [5.41, 5.74) is 2.75. The molecule has 2 aromatic heterocycles. The van der Waals surface area contributed by atoms with Crippen LogP contribution in [0.25, 0.3) is 22.3 Å². The minimum absolute atomic E-state index is 0.187. The van der Waals surface area contributed by atoms with E-state index in [0.29, 0.717) is 57.4 Å². The molecule has 2 fully saturated rings. The number of aromatic amines is 1. The summed E-state index contributed by atoms with van der Waals surface area (Å²) in [6.45, 7) is 9.70. The fraction of sp³-hybridized carbons (Fsp3) is 0.517. The number of hydrogen-bond acceptors (Lipinski definition) is 6. The molecule has 0 bridgehead atoms. The lowest BCUT2D eigenvalue weighted by Gasteiger charge is -2.47. The molecule has 3 aromatic rings. The summed E-state index contributed by atoms with van der Waals surface area (Å²) in [5.74, 6) is 0.0501. The minimum atomic E-state index is -1.10. The van der Waals surface area contributed by atoms with Crippen molar-refractivity contribution in [1.29, 1.82) is 0 Å². The summed E-state index contributed by atoms with van der Waals surface area (Å²) in [5, 5.41) is 23.8. The predicted octanol–water partition coefficient (Wildman–Crippen LogP) is 4.43. The van der Waals surface area contributed by atoms with Crippen LogP contribution in [-0.2, 0) is 0 Å². The summed E-state index contributed by atoms with van der Waals surface area (Å²) in [6.07, 6.45) is 1.62. The number of halogens is 1. The van der Waals surface area contributed by atoms with Crippen LogP contribution in [0.4, 0.5) is 9.18 Å². The molecule has 3 heterocycles. The van der Waals surface area contributed by atoms with Crippen molar-refractivity contribution in [2.45, 2.75) is 72.1 Å². The molecule has 11 heteroatoms. The molecule has 5 rings (SSSR count). The van der Waals surface area contributed by atoms with Gasteiger partial charge in [-0.3, -0.25) is 4.79 Å². The summed E-state index contributed by atoms with van der Waals surface area (Å²) in [7, 11) is 0. The van der Waals surface area contributed by atoms with Gasteiger partial charge in [0, 0.05) is 23.9 Å². The van der Waals surface area contributed by atoms with Gasteiger partial charge in [-0.15, -0.1) is 0 Å². The van der Waals surface area contributed by atoms with Gasteiger partial charge in [0.2, 0.25) is 0 Å². The van der Waals surface area contributed by atoms with E-state index in [1.165, 1.54) is 17.3 Å². The molecule has 1 unspecified atom stereocenters. The van der Waals surface area contributed by atoms with Gasteiger partial charge in [-0.2, -0.15) is 0 Å². The van der Waals surface area contributed by atoms with E-state index in [4.69, 9.17) is 4.74 Å². The number of likely N-dealkylation sites (tertiary alicyclic amines) is 1. The van der Waals surface area contributed by atoms with Crippen LogP contribution in [0.5, 0.6) is 5.75 Å². The first-order chi connectivity index (χ1) is 18.9. The summed E-state index contributed by atoms with van der Waals surface area (Å²) in [6, 6.07) is 1.72. The van der Waals surface area contributed by atoms with Crippen LogP contribution in [0.15, 0.2) is 18.5 Å². The number of piperidine rings is 1. The maximum atomic E-state index is 14.5. The number of rotatable bonds is 6. The molecule has 40 heavy (non-hydrogen) atoms. The third-order valence-corrected chi connectivity index (χ3v) is 7.89. The monoisotopic (exact) mass is 553 g/mol. The fourth-order valence-corrected chi connectivity index (χ4v) is 5.65. The molecule has 3 atom stereocenters. The molecule has 2 amide bonds. The molecule has 0 spiro atoms. The summed E-state index contributed by atoms with van der Waals surface area (Å²) in [4.78, 5) is 38.8. The Kier molecular flexibility index (Phi) is 7.20. The Labute approximate surface area is 232 Å². The summed E-state index contributed by atoms with van der Waals surface area (Å²) < 4.78 is 20.5. The van der Waals surface area contributed by atoms with E-state index >= 15 is 0 Å². The number of carbonyl (C=O) groups is 2. The second-order valence-corrected chi connectivity index (χ2v) is 12.1. The maximum absolute atomic E-state index is 14.5. The number of aromatic nitrogens is 3. The molecule has 1 aliphatic carbocycles. The number of ether oxygens (including phenoxy) is 1. The Morgan fingerprint density at radius 3 is 2.58 bits per heavy atom. The number of aliphatic hydroxyl groups excluding tert-OH is 1. The second kappa shape index (κ2) is 10.3. The maximum Gasteiger partial charge on any atom is 0.407 e. The highest BCUT2D eigenvalue weighted by atomic mass is 19.1. The Balaban J connectivity index is 1.47. The first-order valence-corrected chi connectivity index (χ1v) is 13.6. The van der Waals surface area contributed by atoms with Gasteiger partial charge >= 0.3 is 6.09 Å². The first kappa shape index (κ1) is 27.8. The van der Waals surface area contributed by atoms with Crippen LogP contribution >= 0.6 is 0 Å². The number of nitrogens with one attached hydrogen (secondary N) is 2. The molecule has 0 radical (unpaired) electrons. The third kappa shape index (κ3) is 5.22. The molecule has 4 N–H and O–H groups in total. The molecular formula is C29H36FN5O5. The molecule has 1 aromatic carbocycles. The van der Waals surface area contributed by atoms with Gasteiger partial charge in [0.25, 0.3) is 5.91 Å². The number of H-pyrrole nitrogens is 1. The topological polar surface area (TPSA) is 141 Å². The number of carbonyl (C=O) groups excluding carboxylic acids is 1. The molecule has 1 saturated carbocycles. The number of carboxylic acid groups (broad SMARTS) is 1. The molecule has 2 aliphatic rings. The van der Waals surface area contributed by atoms with Crippen molar-refractivity contribution in [3.63, 3.8) is 0 Å². The molecular weight excluding hydrogens is 517 g/mol. The van der Waals surface area contributed by atoms with Crippen molar-refractivity contribution in [3.05, 3.63) is 41.1 Å². The Hall–Kier alpha value is -3.73. The number of benzene rings is 1. The van der Waals surface area contributed by atoms with Crippen molar-refractivity contribution >= 4 is 23.0 Å². The normalized spacial score (nSPS) is 21.5. The Morgan fingerprint density at radius 2 is 1.93 bits per heavy atom. The second-order valence-electron chi connectivity index (χ2n) is 12.1. The van der Waals surface area contributed by atoms with E-state index in [2.05, 4.69) is 20.3 Å². The predicted molar refractivity (Wildman–Crippen MR) is 147 cm³/mol. The van der Waals surface area contributed by atoms with Gasteiger partial charge in [0.05, 0.1) is 35.9 Å². The quantitative estimate of drug-likeness (QED) is 0.354. The van der Waals surface area contributed by atoms with Gasteiger partial charge < -0.3 is 30.2 Å². The smallest absolute Gasteiger partial charge is 0.407 e. The number of hydrogen-bond donors (Lipinski definition) is 4. The minimum Gasteiger partial charge on any atom is -0.492 e. The van der Waals surface area contributed by atoms with Crippen LogP contribution in [0.2, 0.25) is 0 Å². The van der Waals surface area contributed by atoms with E-state index in [0.717, 1.165) is 12.8 Å². The van der Waals surface area contributed by atoms with Crippen LogP contribution in [0, 0.1) is 31.0 Å². The van der Waals surface area contributed by atoms with E-state index in [1.807, 2.05) is 20.8 Å². The molecule has 214 valence electrons. The van der Waals surface area contributed by atoms with Gasteiger partial charge in [0.1, 0.15) is 29.1 Å². The third-order valence-electron chi connectivity index (χ3n) is 7.89. The van der Waals surface area contributed by atoms with Crippen molar-refractivity contribution in [2.75, 3.05) is 13.2 Å². The van der Waals surface area contributed by atoms with Gasteiger partial charge in [-0.1, -0.05) is 20.8 Å². The molecule has 10 nitrogen and oxygen atoms in total. The molecule has 1 saturated heterocycles. The Morgan fingerprint density at radius 1 is 1.20 bits per heavy atom. The van der Waals surface area contributed by atoms with Gasteiger partial charge in [-0.05, 0) is 56.1 Å². The number of amides is 2. The zero-order chi connectivity index (χ0) is 28.9. The number of aliphatic hydroxyl groups is 1. The zero-order valence-electron chi connectivity index (χ0n) is 23.4. The van der Waals surface area contributed by atoms with E-state index in [-0.39, 0.29) is 18.8 Å². The van der Waals surface area contributed by atoms with Crippen LogP contribution in [0.3, 0.4) is 0 Å². The lowest BCUT2D eigenvalue weighted by Crippen LogP contribution is -2.64. The van der Waals surface area contributed by atoms with E-state index in [1.54, 1.807) is 19.9 Å². The molecule has 1 aliphatic heterocycles. The van der Waals surface area contributed by atoms with E-state index in [9.17, 15) is 24.2 Å². The summed E-state index contributed by atoms with van der Waals surface area (Å²) >= 11 is 0. The average molecular weight is 554 g/mol. The van der Waals surface area contributed by atoms with Crippen LogP contribution in [-0.4, -0.2) is 73.4 Å². The first-order valence-electron chi connectivity index (χ1n) is 13.6. The number of aryl methyl sites for hydroxylation is 2. The van der Waals surface area contributed by atoms with Gasteiger partial charge in [-0.25, -0.2) is 19.2 Å².